The topological polar surface area (TPSA) is 182 Å². The fourth-order valence-electron chi connectivity index (χ4n) is 2.63. The van der Waals surface area contributed by atoms with Crippen molar-refractivity contribution in [1.29, 1.82) is 0 Å². The van der Waals surface area contributed by atoms with Crippen LogP contribution in [0.25, 0.3) is 0 Å². The van der Waals surface area contributed by atoms with E-state index in [0.29, 0.717) is 28.1 Å². The van der Waals surface area contributed by atoms with Crippen LogP contribution in [0.4, 0.5) is 0 Å². The Morgan fingerprint density at radius 3 is 3.00 bits per heavy atom. The highest BCUT2D eigenvalue weighted by atomic mass is 32.2. The van der Waals surface area contributed by atoms with Gasteiger partial charge in [0.25, 0.3) is 0 Å². The molecule has 0 aromatic carbocycles. The van der Waals surface area contributed by atoms with Crippen LogP contribution in [0.15, 0.2) is 16.4 Å². The van der Waals surface area contributed by atoms with Crippen LogP contribution in [0.2, 0.25) is 0 Å². The zero-order valence-corrected chi connectivity index (χ0v) is 14.6. The minimum absolute atomic E-state index is 0.00593. The van der Waals surface area contributed by atoms with Crippen LogP contribution in [0.5, 0.6) is 0 Å². The van der Waals surface area contributed by atoms with E-state index >= 15 is 0 Å². The molecule has 2 aliphatic rings. The minimum Gasteiger partial charge on any atom is -0.477 e. The van der Waals surface area contributed by atoms with Gasteiger partial charge in [0.15, 0.2) is 5.82 Å². The molecular formula is C11H12N10O3S2. The number of carbonyl (C=O) groups is 2. The number of fused-ring (bicyclic) bond motifs is 1. The molecule has 0 bridgehead atoms. The summed E-state index contributed by atoms with van der Waals surface area (Å²) in [5.74, 6) is -0.219. The Kier molecular flexibility index (Phi) is 4.33. The van der Waals surface area contributed by atoms with Gasteiger partial charge in [0.1, 0.15) is 23.7 Å². The second kappa shape index (κ2) is 6.65. The predicted octanol–water partition coefficient (Wildman–Crippen LogP) is -2.09. The molecule has 1 fully saturated rings. The molecule has 0 spiro atoms. The smallest absolute Gasteiger partial charge is 0.352 e. The van der Waals surface area contributed by atoms with Crippen LogP contribution in [0, 0.1) is 0 Å². The number of rotatable bonds is 6. The first-order valence-electron chi connectivity index (χ1n) is 7.33. The standard InChI is InChI=1S/C11H12N10O3S2/c12-6-8(22)21-7(10(23)24)4(2-25-9(6)21)3-26-11-15-18-19-20(11)1-5-13-16-17-14-5/h6,9H,1-3,12H2,(H,23,24)(H,13,14,16,17)/t6?,9-/m1/s1. The van der Waals surface area contributed by atoms with E-state index in [1.807, 2.05) is 0 Å². The normalized spacial score (nSPS) is 22.3. The Morgan fingerprint density at radius 1 is 1.42 bits per heavy atom. The number of nitrogens with zero attached hydrogens (tertiary/aromatic N) is 8. The second-order valence-corrected chi connectivity index (χ2v) is 7.50. The Hall–Kier alpha value is -2.52. The van der Waals surface area contributed by atoms with Crippen molar-refractivity contribution >= 4 is 35.4 Å². The molecule has 2 aromatic rings. The predicted molar refractivity (Wildman–Crippen MR) is 87.5 cm³/mol. The van der Waals surface area contributed by atoms with Crippen molar-refractivity contribution in [3.05, 3.63) is 17.1 Å². The zero-order valence-electron chi connectivity index (χ0n) is 13.0. The molecule has 4 N–H and O–H groups in total. The van der Waals surface area contributed by atoms with Gasteiger partial charge in [-0.15, -0.1) is 22.0 Å². The van der Waals surface area contributed by atoms with E-state index in [0.717, 1.165) is 0 Å². The van der Waals surface area contributed by atoms with E-state index in [9.17, 15) is 14.7 Å². The van der Waals surface area contributed by atoms with Gasteiger partial charge in [-0.25, -0.2) is 14.6 Å². The third-order valence-electron chi connectivity index (χ3n) is 3.85. The number of H-pyrrole nitrogens is 1. The van der Waals surface area contributed by atoms with Crippen LogP contribution in [-0.4, -0.2) is 85.6 Å². The van der Waals surface area contributed by atoms with Gasteiger partial charge >= 0.3 is 5.97 Å². The molecule has 1 saturated heterocycles. The molecule has 4 heterocycles. The molecule has 2 aromatic heterocycles. The van der Waals surface area contributed by atoms with Crippen molar-refractivity contribution in [1.82, 2.24) is 45.7 Å². The maximum atomic E-state index is 11.9. The van der Waals surface area contributed by atoms with Crippen LogP contribution >= 0.6 is 23.5 Å². The van der Waals surface area contributed by atoms with Crippen molar-refractivity contribution in [2.45, 2.75) is 23.1 Å². The highest BCUT2D eigenvalue weighted by Crippen LogP contribution is 2.40. The number of carbonyl (C=O) groups excluding carboxylic acids is 1. The first kappa shape index (κ1) is 16.9. The number of amides is 1. The number of β-lactam (4-membered cyclic amide) rings is 1. The van der Waals surface area contributed by atoms with Gasteiger partial charge in [-0.2, -0.15) is 0 Å². The van der Waals surface area contributed by atoms with Crippen LogP contribution < -0.4 is 5.73 Å². The summed E-state index contributed by atoms with van der Waals surface area (Å²) >= 11 is 2.73. The minimum atomic E-state index is -1.14. The summed E-state index contributed by atoms with van der Waals surface area (Å²) in [5, 5.41) is 34.5. The number of aromatic amines is 1. The molecular weight excluding hydrogens is 384 g/mol. The number of nitrogens with two attached hydrogens (primary N) is 1. The number of hydrogen-bond acceptors (Lipinski definition) is 11. The van der Waals surface area contributed by atoms with E-state index in [-0.39, 0.29) is 23.5 Å². The molecule has 1 unspecified atom stereocenters. The SMILES string of the molecule is NC1C(=O)N2C(C(=O)O)=C(CSc3nnnn3Cc3nnn[nH]3)CS[C@H]12. The summed E-state index contributed by atoms with van der Waals surface area (Å²) in [6, 6.07) is -0.647. The van der Waals surface area contributed by atoms with Gasteiger partial charge in [0.05, 0.1) is 0 Å². The molecule has 0 saturated carbocycles. The highest BCUT2D eigenvalue weighted by Gasteiger charge is 2.51. The maximum absolute atomic E-state index is 11.9. The monoisotopic (exact) mass is 396 g/mol. The number of hydrogen-bond donors (Lipinski definition) is 3. The van der Waals surface area contributed by atoms with E-state index in [1.54, 1.807) is 0 Å². The van der Waals surface area contributed by atoms with Crippen molar-refractivity contribution < 1.29 is 14.7 Å². The lowest BCUT2D eigenvalue weighted by atomic mass is 10.0. The largest absolute Gasteiger partial charge is 0.477 e. The lowest BCUT2D eigenvalue weighted by Gasteiger charge is -2.48. The molecule has 2 aliphatic heterocycles. The molecule has 26 heavy (non-hydrogen) atoms. The fraction of sp³-hybridized carbons (Fsp3) is 0.455. The Morgan fingerprint density at radius 2 is 2.27 bits per heavy atom. The van der Waals surface area contributed by atoms with Gasteiger partial charge < -0.3 is 10.8 Å². The summed E-state index contributed by atoms with van der Waals surface area (Å²) in [6.45, 7) is 0.253. The first-order valence-corrected chi connectivity index (χ1v) is 9.37. The van der Waals surface area contributed by atoms with E-state index in [2.05, 4.69) is 36.1 Å². The van der Waals surface area contributed by atoms with Gasteiger partial charge in [-0.05, 0) is 26.4 Å². The first-order chi connectivity index (χ1) is 12.6. The lowest BCUT2D eigenvalue weighted by Crippen LogP contribution is -2.68. The molecule has 2 atom stereocenters. The van der Waals surface area contributed by atoms with Crippen molar-refractivity contribution in [2.75, 3.05) is 11.5 Å². The van der Waals surface area contributed by atoms with E-state index < -0.39 is 12.0 Å². The summed E-state index contributed by atoms with van der Waals surface area (Å²) in [5.41, 5.74) is 6.37. The number of aromatic nitrogens is 8. The van der Waals surface area contributed by atoms with Crippen molar-refractivity contribution in [3.63, 3.8) is 0 Å². The fourth-order valence-corrected chi connectivity index (χ4v) is 4.94. The Balaban J connectivity index is 1.51. The van der Waals surface area contributed by atoms with Gasteiger partial charge in [0.2, 0.25) is 11.1 Å². The summed E-state index contributed by atoms with van der Waals surface area (Å²) < 4.78 is 1.50. The Bertz CT molecular complexity index is 881. The quantitative estimate of drug-likeness (QED) is 0.358. The Labute approximate surface area is 153 Å². The van der Waals surface area contributed by atoms with E-state index in [4.69, 9.17) is 5.73 Å². The third kappa shape index (κ3) is 2.82. The van der Waals surface area contributed by atoms with Gasteiger partial charge in [-0.1, -0.05) is 11.8 Å². The van der Waals surface area contributed by atoms with Crippen molar-refractivity contribution in [2.24, 2.45) is 5.73 Å². The summed E-state index contributed by atoms with van der Waals surface area (Å²) in [4.78, 5) is 24.9. The summed E-state index contributed by atoms with van der Waals surface area (Å²) in [6.07, 6.45) is 0. The number of carboxylic acid groups (broad SMARTS) is 1. The van der Waals surface area contributed by atoms with Gasteiger partial charge in [0, 0.05) is 11.5 Å². The van der Waals surface area contributed by atoms with Crippen LogP contribution in [0.1, 0.15) is 5.82 Å². The second-order valence-electron chi connectivity index (χ2n) is 5.45. The number of tetrazole rings is 2. The molecule has 4 rings (SSSR count). The molecule has 0 radical (unpaired) electrons. The van der Waals surface area contributed by atoms with Gasteiger partial charge in [-0.3, -0.25) is 9.69 Å². The highest BCUT2D eigenvalue weighted by molar-refractivity contribution is 8.01. The molecule has 136 valence electrons. The number of carboxylic acids is 1. The molecule has 1 amide bonds. The lowest BCUT2D eigenvalue weighted by molar-refractivity contribution is -0.147. The molecule has 13 nitrogen and oxygen atoms in total. The van der Waals surface area contributed by atoms with Crippen molar-refractivity contribution in [3.8, 4) is 0 Å². The average Bonchev–Trinajstić information content (AvgIpc) is 3.30. The molecule has 0 aliphatic carbocycles. The average molecular weight is 396 g/mol. The number of nitrogens with one attached hydrogen (secondary N) is 1. The zero-order chi connectivity index (χ0) is 18.3. The summed E-state index contributed by atoms with van der Waals surface area (Å²) in [7, 11) is 0. The number of aliphatic carboxylic acids is 1. The molecule has 15 heteroatoms. The van der Waals surface area contributed by atoms with Crippen LogP contribution in [-0.2, 0) is 16.1 Å². The van der Waals surface area contributed by atoms with E-state index in [1.165, 1.54) is 33.1 Å². The third-order valence-corrected chi connectivity index (χ3v) is 6.26. The van der Waals surface area contributed by atoms with Crippen LogP contribution in [0.3, 0.4) is 0 Å². The number of thioether (sulfide) groups is 2. The maximum Gasteiger partial charge on any atom is 0.352 e.